The molecule has 1 saturated carbocycles. The maximum absolute atomic E-state index is 12.5. The van der Waals surface area contributed by atoms with Gasteiger partial charge in [0.25, 0.3) is 0 Å². The number of anilines is 1. The number of nitrogens with zero attached hydrogens (tertiary/aromatic N) is 1. The van der Waals surface area contributed by atoms with Gasteiger partial charge in [-0.2, -0.15) is 0 Å². The van der Waals surface area contributed by atoms with E-state index in [2.05, 4.69) is 10.2 Å². The van der Waals surface area contributed by atoms with Crippen molar-refractivity contribution in [1.29, 1.82) is 0 Å². The zero-order chi connectivity index (χ0) is 16.4. The number of carbonyl (C=O) groups excluding carboxylic acids is 1. The van der Waals surface area contributed by atoms with Gasteiger partial charge in [-0.3, -0.25) is 4.79 Å². The summed E-state index contributed by atoms with van der Waals surface area (Å²) in [5.41, 5.74) is 6.43. The van der Waals surface area contributed by atoms with Gasteiger partial charge in [0, 0.05) is 39.1 Å². The summed E-state index contributed by atoms with van der Waals surface area (Å²) in [5, 5.41) is 3.87. The largest absolute Gasteiger partial charge is 0.381 e. The van der Waals surface area contributed by atoms with Crippen LogP contribution in [0, 0.1) is 0 Å². The van der Waals surface area contributed by atoms with Gasteiger partial charge in [0.05, 0.1) is 16.8 Å². The van der Waals surface area contributed by atoms with Crippen LogP contribution < -0.4 is 16.0 Å². The molecule has 1 saturated heterocycles. The lowest BCUT2D eigenvalue weighted by Gasteiger charge is -2.44. The van der Waals surface area contributed by atoms with E-state index in [1.54, 1.807) is 7.11 Å². The van der Waals surface area contributed by atoms with Crippen LogP contribution in [0.1, 0.15) is 25.7 Å². The molecule has 1 unspecified atom stereocenters. The van der Waals surface area contributed by atoms with Crippen LogP contribution in [-0.2, 0) is 9.53 Å². The van der Waals surface area contributed by atoms with Crippen molar-refractivity contribution in [1.82, 2.24) is 5.32 Å². The van der Waals surface area contributed by atoms with E-state index in [0.717, 1.165) is 36.6 Å². The number of rotatable bonds is 4. The molecule has 1 aromatic rings. The highest BCUT2D eigenvalue weighted by atomic mass is 35.5. The van der Waals surface area contributed by atoms with E-state index < -0.39 is 5.54 Å². The summed E-state index contributed by atoms with van der Waals surface area (Å²) in [6.45, 7) is 1.72. The van der Waals surface area contributed by atoms with Crippen molar-refractivity contribution in [3.8, 4) is 0 Å². The van der Waals surface area contributed by atoms with Gasteiger partial charge < -0.3 is 20.7 Å². The third-order valence-electron chi connectivity index (χ3n) is 4.92. The molecule has 0 aromatic heterocycles. The highest BCUT2D eigenvalue weighted by Gasteiger charge is 2.47. The maximum atomic E-state index is 12.5. The van der Waals surface area contributed by atoms with Crippen molar-refractivity contribution in [3.05, 3.63) is 29.3 Å². The average Bonchev–Trinajstić information content (AvgIpc) is 2.52. The van der Waals surface area contributed by atoms with Crippen LogP contribution in [0.4, 0.5) is 5.69 Å². The van der Waals surface area contributed by atoms with Gasteiger partial charge in [-0.05, 0) is 25.0 Å². The summed E-state index contributed by atoms with van der Waals surface area (Å²) in [7, 11) is 1.66. The summed E-state index contributed by atoms with van der Waals surface area (Å²) < 4.78 is 5.23. The van der Waals surface area contributed by atoms with Crippen LogP contribution >= 0.6 is 11.6 Å². The Morgan fingerprint density at radius 2 is 2.17 bits per heavy atom. The van der Waals surface area contributed by atoms with Gasteiger partial charge in [-0.25, -0.2) is 0 Å². The van der Waals surface area contributed by atoms with E-state index in [-0.39, 0.29) is 18.1 Å². The molecule has 1 heterocycles. The van der Waals surface area contributed by atoms with Crippen molar-refractivity contribution in [3.63, 3.8) is 0 Å². The second-order valence-corrected chi connectivity index (χ2v) is 7.04. The summed E-state index contributed by atoms with van der Waals surface area (Å²) in [6, 6.07) is 7.93. The third-order valence-corrected chi connectivity index (χ3v) is 5.24. The van der Waals surface area contributed by atoms with E-state index in [9.17, 15) is 4.79 Å². The van der Waals surface area contributed by atoms with Crippen molar-refractivity contribution in [2.75, 3.05) is 25.1 Å². The summed E-state index contributed by atoms with van der Waals surface area (Å²) >= 11 is 6.28. The molecule has 1 aliphatic carbocycles. The molecule has 23 heavy (non-hydrogen) atoms. The van der Waals surface area contributed by atoms with Crippen LogP contribution in [0.5, 0.6) is 0 Å². The topological polar surface area (TPSA) is 67.6 Å². The minimum atomic E-state index is -0.770. The van der Waals surface area contributed by atoms with Crippen LogP contribution in [0.2, 0.25) is 5.02 Å². The Kier molecular flexibility index (Phi) is 4.80. The molecule has 0 radical (unpaired) electrons. The van der Waals surface area contributed by atoms with Gasteiger partial charge >= 0.3 is 0 Å². The smallest absolute Gasteiger partial charge is 0.240 e. The molecule has 3 rings (SSSR count). The number of hydrogen-bond acceptors (Lipinski definition) is 4. The minimum absolute atomic E-state index is 0.0585. The third kappa shape index (κ3) is 3.47. The first-order valence-electron chi connectivity index (χ1n) is 8.14. The van der Waals surface area contributed by atoms with E-state index in [1.807, 2.05) is 24.3 Å². The predicted molar refractivity (Wildman–Crippen MR) is 91.8 cm³/mol. The molecule has 5 nitrogen and oxygen atoms in total. The number of amides is 1. The van der Waals surface area contributed by atoms with Crippen LogP contribution in [0.3, 0.4) is 0 Å². The number of piperidine rings is 1. The number of nitrogens with one attached hydrogen (secondary N) is 1. The first-order chi connectivity index (χ1) is 11.0. The van der Waals surface area contributed by atoms with Gasteiger partial charge in [0.15, 0.2) is 0 Å². The Bertz CT molecular complexity index is 575. The lowest BCUT2D eigenvalue weighted by Crippen LogP contribution is -2.66. The second-order valence-electron chi connectivity index (χ2n) is 6.63. The van der Waals surface area contributed by atoms with Crippen molar-refractivity contribution < 1.29 is 9.53 Å². The van der Waals surface area contributed by atoms with Gasteiger partial charge in [-0.1, -0.05) is 23.7 Å². The summed E-state index contributed by atoms with van der Waals surface area (Å²) in [5.74, 6) is -0.0585. The molecule has 1 amide bonds. The monoisotopic (exact) mass is 337 g/mol. The fourth-order valence-electron chi connectivity index (χ4n) is 3.46. The normalized spacial score (nSPS) is 30.7. The molecule has 1 aromatic carbocycles. The van der Waals surface area contributed by atoms with Crippen molar-refractivity contribution in [2.45, 2.75) is 43.4 Å². The maximum Gasteiger partial charge on any atom is 0.240 e. The van der Waals surface area contributed by atoms with E-state index in [4.69, 9.17) is 22.1 Å². The number of hydrogen-bond donors (Lipinski definition) is 2. The quantitative estimate of drug-likeness (QED) is 0.881. The predicted octanol–water partition coefficient (Wildman–Crippen LogP) is 1.93. The lowest BCUT2D eigenvalue weighted by atomic mass is 9.74. The van der Waals surface area contributed by atoms with E-state index in [1.165, 1.54) is 0 Å². The number of halogens is 1. The molecule has 2 aliphatic rings. The lowest BCUT2D eigenvalue weighted by molar-refractivity contribution is -0.136. The molecule has 0 spiro atoms. The second kappa shape index (κ2) is 6.67. The Morgan fingerprint density at radius 3 is 2.87 bits per heavy atom. The molecule has 126 valence electrons. The Labute approximate surface area is 142 Å². The fraction of sp³-hybridized carbons (Fsp3) is 0.588. The molecule has 6 heteroatoms. The van der Waals surface area contributed by atoms with Crippen molar-refractivity contribution in [2.24, 2.45) is 5.73 Å². The van der Waals surface area contributed by atoms with Crippen LogP contribution in [-0.4, -0.2) is 43.8 Å². The number of methoxy groups -OCH3 is 1. The highest BCUT2D eigenvalue weighted by molar-refractivity contribution is 6.33. The zero-order valence-electron chi connectivity index (χ0n) is 13.4. The summed E-state index contributed by atoms with van der Waals surface area (Å²) in [6.07, 6.45) is 3.29. The van der Waals surface area contributed by atoms with Crippen molar-refractivity contribution >= 4 is 23.2 Å². The number of ether oxygens (including phenoxy) is 1. The SMILES string of the molecule is COC1CC(N)(C(=O)NC2CCCN(c3ccccc3Cl)C2)C1. The zero-order valence-corrected chi connectivity index (χ0v) is 14.2. The molecular weight excluding hydrogens is 314 g/mol. The molecule has 1 atom stereocenters. The standard InChI is InChI=1S/C17H24ClN3O2/c1-23-13-9-17(19,10-13)16(22)20-12-5-4-8-21(11-12)15-7-3-2-6-14(15)18/h2-3,6-7,12-13H,4-5,8-11,19H2,1H3,(H,20,22). The number of nitrogens with two attached hydrogens (primary N) is 1. The highest BCUT2D eigenvalue weighted by Crippen LogP contribution is 2.33. The Morgan fingerprint density at radius 1 is 1.43 bits per heavy atom. The van der Waals surface area contributed by atoms with Crippen LogP contribution in [0.15, 0.2) is 24.3 Å². The average molecular weight is 338 g/mol. The minimum Gasteiger partial charge on any atom is -0.381 e. The molecular formula is C17H24ClN3O2. The van der Waals surface area contributed by atoms with Crippen LogP contribution in [0.25, 0.3) is 0 Å². The molecule has 0 bridgehead atoms. The van der Waals surface area contributed by atoms with Gasteiger partial charge in [0.2, 0.25) is 5.91 Å². The Balaban J connectivity index is 1.59. The molecule has 1 aliphatic heterocycles. The fourth-order valence-corrected chi connectivity index (χ4v) is 3.71. The number of para-hydroxylation sites is 1. The molecule has 3 N–H and O–H groups in total. The van der Waals surface area contributed by atoms with E-state index in [0.29, 0.717) is 12.8 Å². The first kappa shape index (κ1) is 16.6. The molecule has 2 fully saturated rings. The number of benzene rings is 1. The number of carbonyl (C=O) groups is 1. The Hall–Kier alpha value is -1.30. The first-order valence-corrected chi connectivity index (χ1v) is 8.52. The summed E-state index contributed by atoms with van der Waals surface area (Å²) in [4.78, 5) is 14.7. The van der Waals surface area contributed by atoms with Gasteiger partial charge in [-0.15, -0.1) is 0 Å². The van der Waals surface area contributed by atoms with E-state index >= 15 is 0 Å². The van der Waals surface area contributed by atoms with Gasteiger partial charge in [0.1, 0.15) is 5.54 Å².